The van der Waals surface area contributed by atoms with Gasteiger partial charge in [0.1, 0.15) is 12.1 Å². The number of nitrogens with zero attached hydrogens (tertiary/aromatic N) is 4. The van der Waals surface area contributed by atoms with Crippen LogP contribution in [0.4, 0.5) is 0 Å². The average Bonchev–Trinajstić information content (AvgIpc) is 2.80. The second kappa shape index (κ2) is 8.55. The van der Waals surface area contributed by atoms with Crippen molar-refractivity contribution in [1.29, 1.82) is 0 Å². The fourth-order valence-corrected chi connectivity index (χ4v) is 3.71. The van der Waals surface area contributed by atoms with Gasteiger partial charge in [-0.2, -0.15) is 0 Å². The number of amides is 2. The van der Waals surface area contributed by atoms with E-state index in [2.05, 4.69) is 9.97 Å². The zero-order valence-electron chi connectivity index (χ0n) is 17.6. The second-order valence-corrected chi connectivity index (χ2v) is 7.67. The van der Waals surface area contributed by atoms with E-state index < -0.39 is 0 Å². The molecule has 1 aromatic heterocycles. The van der Waals surface area contributed by atoms with Crippen molar-refractivity contribution in [3.05, 3.63) is 66.0 Å². The molecular weight excluding hydrogens is 392 g/mol. The summed E-state index contributed by atoms with van der Waals surface area (Å²) >= 11 is 0. The summed E-state index contributed by atoms with van der Waals surface area (Å²) < 4.78 is 0. The maximum atomic E-state index is 13.0. The van der Waals surface area contributed by atoms with Gasteiger partial charge in [-0.25, -0.2) is 9.97 Å². The number of phenols is 1. The Kier molecular flexibility index (Phi) is 5.66. The molecule has 7 nitrogen and oxygen atoms in total. The molecule has 0 aliphatic carbocycles. The molecule has 0 radical (unpaired) electrons. The Morgan fingerprint density at radius 2 is 1.52 bits per heavy atom. The number of hydrogen-bond donors (Lipinski definition) is 1. The van der Waals surface area contributed by atoms with Gasteiger partial charge < -0.3 is 14.9 Å². The molecular formula is C24H24N4O3. The molecule has 2 aromatic carbocycles. The van der Waals surface area contributed by atoms with E-state index in [1.807, 2.05) is 43.3 Å². The lowest BCUT2D eigenvalue weighted by Gasteiger charge is -2.34. The molecule has 158 valence electrons. The van der Waals surface area contributed by atoms with Crippen LogP contribution < -0.4 is 0 Å². The SMILES string of the molecule is CC(=O)N1CCN(C(=O)c2cccc(-c3cc(-c4ccc(O)c(C)c4)ncn3)c2)CC1. The van der Waals surface area contributed by atoms with E-state index in [4.69, 9.17) is 0 Å². The lowest BCUT2D eigenvalue weighted by molar-refractivity contribution is -0.130. The summed E-state index contributed by atoms with van der Waals surface area (Å²) in [7, 11) is 0. The highest BCUT2D eigenvalue weighted by atomic mass is 16.3. The van der Waals surface area contributed by atoms with Crippen LogP contribution in [0.15, 0.2) is 54.9 Å². The number of carbonyl (C=O) groups is 2. The van der Waals surface area contributed by atoms with Crippen molar-refractivity contribution in [3.8, 4) is 28.3 Å². The Bertz CT molecular complexity index is 1140. The van der Waals surface area contributed by atoms with Gasteiger partial charge in [0.2, 0.25) is 5.91 Å². The normalized spacial score (nSPS) is 13.9. The van der Waals surface area contributed by atoms with E-state index in [-0.39, 0.29) is 17.6 Å². The number of aromatic hydroxyl groups is 1. The number of carbonyl (C=O) groups excluding carboxylic acids is 2. The molecule has 4 rings (SSSR count). The highest BCUT2D eigenvalue weighted by molar-refractivity contribution is 5.95. The van der Waals surface area contributed by atoms with Gasteiger partial charge in [0, 0.05) is 49.8 Å². The fraction of sp³-hybridized carbons (Fsp3) is 0.250. The van der Waals surface area contributed by atoms with E-state index in [1.165, 1.54) is 6.33 Å². The van der Waals surface area contributed by atoms with Crippen molar-refractivity contribution in [2.24, 2.45) is 0 Å². The van der Waals surface area contributed by atoms with Crippen molar-refractivity contribution >= 4 is 11.8 Å². The third kappa shape index (κ3) is 4.40. The van der Waals surface area contributed by atoms with Gasteiger partial charge in [0.15, 0.2) is 0 Å². The van der Waals surface area contributed by atoms with Gasteiger partial charge in [-0.1, -0.05) is 12.1 Å². The van der Waals surface area contributed by atoms with Gasteiger partial charge in [-0.15, -0.1) is 0 Å². The summed E-state index contributed by atoms with van der Waals surface area (Å²) in [4.78, 5) is 36.8. The van der Waals surface area contributed by atoms with Crippen LogP contribution in [-0.4, -0.2) is 62.9 Å². The largest absolute Gasteiger partial charge is 0.508 e. The van der Waals surface area contributed by atoms with E-state index >= 15 is 0 Å². The van der Waals surface area contributed by atoms with E-state index in [0.29, 0.717) is 37.4 Å². The number of aryl methyl sites for hydroxylation is 1. The number of aromatic nitrogens is 2. The van der Waals surface area contributed by atoms with Crippen LogP contribution in [0.5, 0.6) is 5.75 Å². The van der Waals surface area contributed by atoms with Crippen LogP contribution >= 0.6 is 0 Å². The first-order chi connectivity index (χ1) is 14.9. The Labute approximate surface area is 181 Å². The topological polar surface area (TPSA) is 86.6 Å². The molecule has 2 heterocycles. The highest BCUT2D eigenvalue weighted by Gasteiger charge is 2.23. The summed E-state index contributed by atoms with van der Waals surface area (Å²) in [5.74, 6) is 0.236. The minimum Gasteiger partial charge on any atom is -0.508 e. The van der Waals surface area contributed by atoms with Crippen LogP contribution in [-0.2, 0) is 4.79 Å². The molecule has 1 fully saturated rings. The van der Waals surface area contributed by atoms with Crippen LogP contribution in [0, 0.1) is 6.92 Å². The second-order valence-electron chi connectivity index (χ2n) is 7.67. The molecule has 1 N–H and O–H groups in total. The minimum absolute atomic E-state index is 0.0393. The van der Waals surface area contributed by atoms with Crippen molar-refractivity contribution in [2.45, 2.75) is 13.8 Å². The first-order valence-electron chi connectivity index (χ1n) is 10.2. The highest BCUT2D eigenvalue weighted by Crippen LogP contribution is 2.27. The molecule has 7 heteroatoms. The van der Waals surface area contributed by atoms with Crippen molar-refractivity contribution in [3.63, 3.8) is 0 Å². The van der Waals surface area contributed by atoms with E-state index in [1.54, 1.807) is 28.9 Å². The number of piperazine rings is 1. The summed E-state index contributed by atoms with van der Waals surface area (Å²) in [5, 5.41) is 9.77. The van der Waals surface area contributed by atoms with Crippen LogP contribution in [0.3, 0.4) is 0 Å². The molecule has 1 aliphatic rings. The van der Waals surface area contributed by atoms with Crippen molar-refractivity contribution < 1.29 is 14.7 Å². The number of benzene rings is 2. The molecule has 1 aliphatic heterocycles. The Morgan fingerprint density at radius 1 is 0.871 bits per heavy atom. The summed E-state index contributed by atoms with van der Waals surface area (Å²) in [6.07, 6.45) is 1.50. The minimum atomic E-state index is -0.0477. The molecule has 0 saturated carbocycles. The van der Waals surface area contributed by atoms with Gasteiger partial charge in [0.05, 0.1) is 11.4 Å². The predicted octanol–water partition coefficient (Wildman–Crippen LogP) is 3.13. The van der Waals surface area contributed by atoms with Gasteiger partial charge in [-0.05, 0) is 48.9 Å². The third-order valence-corrected chi connectivity index (χ3v) is 5.58. The Balaban J connectivity index is 1.56. The molecule has 0 atom stereocenters. The summed E-state index contributed by atoms with van der Waals surface area (Å²) in [6, 6.07) is 14.6. The van der Waals surface area contributed by atoms with Crippen LogP contribution in [0.25, 0.3) is 22.5 Å². The maximum Gasteiger partial charge on any atom is 0.253 e. The van der Waals surface area contributed by atoms with Gasteiger partial charge in [-0.3, -0.25) is 9.59 Å². The van der Waals surface area contributed by atoms with E-state index in [9.17, 15) is 14.7 Å². The van der Waals surface area contributed by atoms with Gasteiger partial charge >= 0.3 is 0 Å². The lowest BCUT2D eigenvalue weighted by atomic mass is 10.0. The lowest BCUT2D eigenvalue weighted by Crippen LogP contribution is -2.50. The molecule has 2 amide bonds. The predicted molar refractivity (Wildman–Crippen MR) is 117 cm³/mol. The first-order valence-corrected chi connectivity index (χ1v) is 10.2. The van der Waals surface area contributed by atoms with E-state index in [0.717, 1.165) is 22.4 Å². The van der Waals surface area contributed by atoms with Crippen molar-refractivity contribution in [2.75, 3.05) is 26.2 Å². The zero-order valence-corrected chi connectivity index (χ0v) is 17.6. The molecule has 0 spiro atoms. The van der Waals surface area contributed by atoms with Crippen molar-refractivity contribution in [1.82, 2.24) is 19.8 Å². The molecule has 0 unspecified atom stereocenters. The summed E-state index contributed by atoms with van der Waals surface area (Å²) in [6.45, 7) is 5.56. The van der Waals surface area contributed by atoms with Crippen LogP contribution in [0.2, 0.25) is 0 Å². The first kappa shape index (κ1) is 20.5. The monoisotopic (exact) mass is 416 g/mol. The zero-order chi connectivity index (χ0) is 22.0. The third-order valence-electron chi connectivity index (χ3n) is 5.58. The molecule has 3 aromatic rings. The number of phenolic OH excluding ortho intramolecular Hbond substituents is 1. The Hall–Kier alpha value is -3.74. The molecule has 0 bridgehead atoms. The molecule has 31 heavy (non-hydrogen) atoms. The smallest absolute Gasteiger partial charge is 0.253 e. The molecule has 1 saturated heterocycles. The number of hydrogen-bond acceptors (Lipinski definition) is 5. The maximum absolute atomic E-state index is 13.0. The standard InChI is InChI=1S/C24H24N4O3/c1-16-12-19(6-7-23(16)30)22-14-21(25-15-26-22)18-4-3-5-20(13-18)24(31)28-10-8-27(9-11-28)17(2)29/h3-7,12-15,30H,8-11H2,1-2H3. The average molecular weight is 416 g/mol. The number of rotatable bonds is 3. The quantitative estimate of drug-likeness (QED) is 0.709. The van der Waals surface area contributed by atoms with Gasteiger partial charge in [0.25, 0.3) is 5.91 Å². The Morgan fingerprint density at radius 3 is 2.16 bits per heavy atom. The fourth-order valence-electron chi connectivity index (χ4n) is 3.71. The summed E-state index contributed by atoms with van der Waals surface area (Å²) in [5.41, 5.74) is 4.53. The van der Waals surface area contributed by atoms with Crippen LogP contribution in [0.1, 0.15) is 22.8 Å².